The molecule has 2 fully saturated rings. The Bertz CT molecular complexity index is 1100. The van der Waals surface area contributed by atoms with Crippen molar-refractivity contribution in [3.63, 3.8) is 0 Å². The molecule has 8 heteroatoms. The number of hydrogen-bond donors (Lipinski definition) is 2. The molecule has 1 aliphatic carbocycles. The lowest BCUT2D eigenvalue weighted by atomic mass is 10.0. The van der Waals surface area contributed by atoms with Gasteiger partial charge in [-0.15, -0.1) is 0 Å². The minimum atomic E-state index is 0.265. The molecule has 1 aliphatic heterocycles. The van der Waals surface area contributed by atoms with E-state index in [1.54, 1.807) is 18.2 Å². The first-order chi connectivity index (χ1) is 14.7. The van der Waals surface area contributed by atoms with Crippen molar-refractivity contribution in [1.82, 2.24) is 24.8 Å². The molecule has 7 nitrogen and oxygen atoms in total. The van der Waals surface area contributed by atoms with Gasteiger partial charge in [-0.1, -0.05) is 37.3 Å². The van der Waals surface area contributed by atoms with Gasteiger partial charge in [0.15, 0.2) is 5.65 Å². The maximum absolute atomic E-state index is 9.26. The third kappa shape index (κ3) is 3.85. The monoisotopic (exact) mass is 421 g/mol. The predicted octanol–water partition coefficient (Wildman–Crippen LogP) is 4.36. The third-order valence-corrected chi connectivity index (χ3v) is 6.33. The fourth-order valence-electron chi connectivity index (χ4n) is 4.65. The van der Waals surface area contributed by atoms with Crippen LogP contribution >= 0.6 is 11.6 Å². The standard InChI is InChI=1S/C22H24ClN7/c23-16-7-15(11-24)8-17(10-16)27-22-28-19-13-26-20(9-14-3-1-2-4-14)29-21(19)30(22)18-5-6-25-12-18/h7-8,10,13-14,18,25H,1-6,9,12H2,(H,27,28). The van der Waals surface area contributed by atoms with Crippen LogP contribution in [0.2, 0.25) is 5.02 Å². The van der Waals surface area contributed by atoms with Gasteiger partial charge >= 0.3 is 0 Å². The third-order valence-electron chi connectivity index (χ3n) is 6.11. The number of aromatic nitrogens is 4. The lowest BCUT2D eigenvalue weighted by molar-refractivity contribution is 0.528. The van der Waals surface area contributed by atoms with Crippen molar-refractivity contribution >= 4 is 34.4 Å². The minimum Gasteiger partial charge on any atom is -0.325 e. The second-order valence-electron chi connectivity index (χ2n) is 8.27. The van der Waals surface area contributed by atoms with E-state index in [4.69, 9.17) is 21.6 Å². The number of nitriles is 1. The maximum Gasteiger partial charge on any atom is 0.210 e. The van der Waals surface area contributed by atoms with E-state index in [9.17, 15) is 5.26 Å². The lowest BCUT2D eigenvalue weighted by Gasteiger charge is -2.16. The van der Waals surface area contributed by atoms with Gasteiger partial charge in [0, 0.05) is 23.7 Å². The van der Waals surface area contributed by atoms with Crippen LogP contribution in [0.5, 0.6) is 0 Å². The molecule has 1 saturated carbocycles. The summed E-state index contributed by atoms with van der Waals surface area (Å²) in [4.78, 5) is 14.3. The zero-order valence-electron chi connectivity index (χ0n) is 16.7. The fraction of sp³-hybridized carbons (Fsp3) is 0.455. The van der Waals surface area contributed by atoms with Gasteiger partial charge in [0.1, 0.15) is 11.3 Å². The van der Waals surface area contributed by atoms with Crippen molar-refractivity contribution in [2.45, 2.75) is 44.6 Å². The highest BCUT2D eigenvalue weighted by atomic mass is 35.5. The summed E-state index contributed by atoms with van der Waals surface area (Å²) < 4.78 is 2.18. The Morgan fingerprint density at radius 1 is 1.20 bits per heavy atom. The molecule has 1 unspecified atom stereocenters. The first-order valence-corrected chi connectivity index (χ1v) is 11.0. The number of nitrogens with zero attached hydrogens (tertiary/aromatic N) is 5. The number of rotatable bonds is 5. The summed E-state index contributed by atoms with van der Waals surface area (Å²) in [6.45, 7) is 1.85. The van der Waals surface area contributed by atoms with E-state index < -0.39 is 0 Å². The number of fused-ring (bicyclic) bond motifs is 1. The van der Waals surface area contributed by atoms with Crippen molar-refractivity contribution < 1.29 is 0 Å². The molecule has 1 atom stereocenters. The summed E-state index contributed by atoms with van der Waals surface area (Å²) in [5.41, 5.74) is 2.90. The molecule has 3 aromatic rings. The van der Waals surface area contributed by atoms with Crippen molar-refractivity contribution in [3.8, 4) is 6.07 Å². The zero-order valence-corrected chi connectivity index (χ0v) is 17.5. The predicted molar refractivity (Wildman–Crippen MR) is 117 cm³/mol. The molecular weight excluding hydrogens is 398 g/mol. The summed E-state index contributed by atoms with van der Waals surface area (Å²) in [6.07, 6.45) is 8.98. The molecule has 5 rings (SSSR count). The summed E-state index contributed by atoms with van der Waals surface area (Å²) in [5.74, 6) is 2.31. The largest absolute Gasteiger partial charge is 0.325 e. The van der Waals surface area contributed by atoms with Gasteiger partial charge in [-0.05, 0) is 37.1 Å². The molecule has 2 aliphatic rings. The zero-order chi connectivity index (χ0) is 20.5. The highest BCUT2D eigenvalue weighted by molar-refractivity contribution is 6.31. The summed E-state index contributed by atoms with van der Waals surface area (Å²) in [7, 11) is 0. The van der Waals surface area contributed by atoms with Gasteiger partial charge in [0.05, 0.1) is 23.9 Å². The van der Waals surface area contributed by atoms with Crippen LogP contribution in [-0.2, 0) is 6.42 Å². The van der Waals surface area contributed by atoms with Crippen LogP contribution in [0.4, 0.5) is 11.6 Å². The summed E-state index contributed by atoms with van der Waals surface area (Å²) in [6, 6.07) is 7.64. The maximum atomic E-state index is 9.26. The van der Waals surface area contributed by atoms with E-state index in [2.05, 4.69) is 26.3 Å². The van der Waals surface area contributed by atoms with Crippen LogP contribution in [0.25, 0.3) is 11.2 Å². The van der Waals surface area contributed by atoms with Crippen LogP contribution in [0, 0.1) is 17.2 Å². The molecule has 2 N–H and O–H groups in total. The topological polar surface area (TPSA) is 91.5 Å². The van der Waals surface area contributed by atoms with Gasteiger partial charge in [-0.2, -0.15) is 5.26 Å². The van der Waals surface area contributed by atoms with Gasteiger partial charge < -0.3 is 10.6 Å². The first kappa shape index (κ1) is 19.3. The summed E-state index contributed by atoms with van der Waals surface area (Å²) >= 11 is 6.19. The molecule has 1 saturated heterocycles. The van der Waals surface area contributed by atoms with Crippen LogP contribution < -0.4 is 10.6 Å². The van der Waals surface area contributed by atoms with Crippen LogP contribution in [-0.4, -0.2) is 32.6 Å². The van der Waals surface area contributed by atoms with Crippen molar-refractivity contribution in [1.29, 1.82) is 5.26 Å². The number of hydrogen-bond acceptors (Lipinski definition) is 6. The number of anilines is 2. The number of nitrogens with one attached hydrogen (secondary N) is 2. The van der Waals surface area contributed by atoms with E-state index in [1.165, 1.54) is 25.7 Å². The molecule has 154 valence electrons. The average Bonchev–Trinajstić information content (AvgIpc) is 3.48. The SMILES string of the molecule is N#Cc1cc(Cl)cc(Nc2nc3cnc(CC4CCCC4)nc3n2C2CCNC2)c1. The van der Waals surface area contributed by atoms with E-state index in [0.29, 0.717) is 22.5 Å². The van der Waals surface area contributed by atoms with E-state index >= 15 is 0 Å². The number of halogens is 1. The van der Waals surface area contributed by atoms with E-state index in [1.807, 2.05) is 6.20 Å². The quantitative estimate of drug-likeness (QED) is 0.635. The normalized spacial score (nSPS) is 19.4. The van der Waals surface area contributed by atoms with Crippen LogP contribution in [0.15, 0.2) is 24.4 Å². The minimum absolute atomic E-state index is 0.265. The van der Waals surface area contributed by atoms with Crippen molar-refractivity contribution in [3.05, 3.63) is 40.8 Å². The molecule has 0 bridgehead atoms. The van der Waals surface area contributed by atoms with Gasteiger partial charge in [-0.3, -0.25) is 4.57 Å². The molecule has 0 radical (unpaired) electrons. The Morgan fingerprint density at radius 2 is 2.07 bits per heavy atom. The molecule has 3 heterocycles. The number of benzene rings is 1. The Morgan fingerprint density at radius 3 is 2.83 bits per heavy atom. The second kappa shape index (κ2) is 8.21. The van der Waals surface area contributed by atoms with Gasteiger partial charge in [0.25, 0.3) is 0 Å². The van der Waals surface area contributed by atoms with Gasteiger partial charge in [-0.25, -0.2) is 15.0 Å². The second-order valence-corrected chi connectivity index (χ2v) is 8.70. The highest BCUT2D eigenvalue weighted by Gasteiger charge is 2.25. The molecule has 2 aromatic heterocycles. The Balaban J connectivity index is 1.54. The number of imidazole rings is 1. The Labute approximate surface area is 180 Å². The van der Waals surface area contributed by atoms with Gasteiger partial charge in [0.2, 0.25) is 5.95 Å². The highest BCUT2D eigenvalue weighted by Crippen LogP contribution is 2.31. The van der Waals surface area contributed by atoms with Crippen LogP contribution in [0.3, 0.4) is 0 Å². The van der Waals surface area contributed by atoms with Crippen molar-refractivity contribution in [2.75, 3.05) is 18.4 Å². The Kier molecular flexibility index (Phi) is 5.28. The summed E-state index contributed by atoms with van der Waals surface area (Å²) in [5, 5.41) is 16.6. The average molecular weight is 422 g/mol. The molecule has 0 spiro atoms. The van der Waals surface area contributed by atoms with Crippen LogP contribution in [0.1, 0.15) is 49.5 Å². The smallest absolute Gasteiger partial charge is 0.210 e. The van der Waals surface area contributed by atoms with E-state index in [-0.39, 0.29) is 6.04 Å². The fourth-order valence-corrected chi connectivity index (χ4v) is 4.88. The molecule has 0 amide bonds. The molecular formula is C22H24ClN7. The molecule has 1 aromatic carbocycles. The first-order valence-electron chi connectivity index (χ1n) is 10.6. The molecule has 30 heavy (non-hydrogen) atoms. The lowest BCUT2D eigenvalue weighted by Crippen LogP contribution is -2.16. The van der Waals surface area contributed by atoms with Crippen molar-refractivity contribution in [2.24, 2.45) is 5.92 Å². The Hall–Kier alpha value is -2.69. The van der Waals surface area contributed by atoms with E-state index in [0.717, 1.165) is 48.6 Å².